The highest BCUT2D eigenvalue weighted by Crippen LogP contribution is 2.22. The number of benzene rings is 1. The van der Waals surface area contributed by atoms with Crippen molar-refractivity contribution in [3.63, 3.8) is 0 Å². The van der Waals surface area contributed by atoms with Gasteiger partial charge in [-0.05, 0) is 43.0 Å². The van der Waals surface area contributed by atoms with Crippen LogP contribution in [0.1, 0.15) is 49.4 Å². The van der Waals surface area contributed by atoms with E-state index in [9.17, 15) is 18.0 Å². The molecule has 1 amide bonds. The van der Waals surface area contributed by atoms with E-state index >= 15 is 0 Å². The molecule has 1 aromatic carbocycles. The summed E-state index contributed by atoms with van der Waals surface area (Å²) in [6.07, 6.45) is 3.69. The summed E-state index contributed by atoms with van der Waals surface area (Å²) in [4.78, 5) is 23.9. The van der Waals surface area contributed by atoms with Crippen molar-refractivity contribution in [2.45, 2.75) is 39.0 Å². The van der Waals surface area contributed by atoms with E-state index in [1.54, 1.807) is 24.3 Å². The van der Waals surface area contributed by atoms with Gasteiger partial charge in [0.05, 0.1) is 23.7 Å². The molecule has 0 aliphatic carbocycles. The number of nitrogens with one attached hydrogen (secondary N) is 1. The molecule has 1 N–H and O–H groups in total. The Morgan fingerprint density at radius 2 is 1.92 bits per heavy atom. The van der Waals surface area contributed by atoms with Gasteiger partial charge in [-0.25, -0.2) is 13.2 Å². The van der Waals surface area contributed by atoms with Crippen molar-refractivity contribution in [2.24, 2.45) is 5.92 Å². The third-order valence-electron chi connectivity index (χ3n) is 4.19. The van der Waals surface area contributed by atoms with Crippen LogP contribution >= 0.6 is 0 Å². The second-order valence-corrected chi connectivity index (χ2v) is 8.67. The van der Waals surface area contributed by atoms with Crippen LogP contribution < -0.4 is 5.32 Å². The van der Waals surface area contributed by atoms with Crippen LogP contribution in [0.25, 0.3) is 0 Å². The second kappa shape index (κ2) is 8.99. The number of amides is 1. The molecule has 1 aliphatic heterocycles. The van der Waals surface area contributed by atoms with Gasteiger partial charge in [-0.3, -0.25) is 4.79 Å². The fraction of sp³-hybridized carbons (Fsp3) is 0.556. The number of unbranched alkanes of at least 4 members (excludes halogenated alkanes) is 2. The first-order valence-electron chi connectivity index (χ1n) is 8.67. The quantitative estimate of drug-likeness (QED) is 0.564. The van der Waals surface area contributed by atoms with Gasteiger partial charge in [-0.2, -0.15) is 0 Å². The molecule has 6 nitrogen and oxygen atoms in total. The van der Waals surface area contributed by atoms with Crippen LogP contribution in [0.4, 0.5) is 5.69 Å². The summed E-state index contributed by atoms with van der Waals surface area (Å²) in [6.45, 7) is 2.50. The first-order chi connectivity index (χ1) is 11.9. The van der Waals surface area contributed by atoms with Crippen molar-refractivity contribution in [1.82, 2.24) is 0 Å². The van der Waals surface area contributed by atoms with Gasteiger partial charge in [-0.15, -0.1) is 0 Å². The molecule has 25 heavy (non-hydrogen) atoms. The van der Waals surface area contributed by atoms with Crippen LogP contribution in [-0.2, 0) is 19.4 Å². The molecule has 0 spiro atoms. The van der Waals surface area contributed by atoms with Crippen molar-refractivity contribution in [3.8, 4) is 0 Å². The Balaban J connectivity index is 1.79. The van der Waals surface area contributed by atoms with E-state index in [2.05, 4.69) is 12.2 Å². The normalized spacial score (nSPS) is 18.7. The van der Waals surface area contributed by atoms with E-state index < -0.39 is 9.84 Å². The van der Waals surface area contributed by atoms with Crippen molar-refractivity contribution >= 4 is 27.4 Å². The molecule has 1 heterocycles. The molecule has 1 atom stereocenters. The summed E-state index contributed by atoms with van der Waals surface area (Å²) in [5.74, 6) is -0.437. The highest BCUT2D eigenvalue weighted by Gasteiger charge is 2.29. The van der Waals surface area contributed by atoms with E-state index in [0.29, 0.717) is 24.3 Å². The molecule has 0 saturated carbocycles. The van der Waals surface area contributed by atoms with Crippen LogP contribution in [0.3, 0.4) is 0 Å². The van der Waals surface area contributed by atoms with Crippen molar-refractivity contribution in [2.75, 3.05) is 23.4 Å². The van der Waals surface area contributed by atoms with Gasteiger partial charge in [0.2, 0.25) is 5.91 Å². The van der Waals surface area contributed by atoms with Crippen molar-refractivity contribution in [1.29, 1.82) is 0 Å². The number of sulfone groups is 1. The molecule has 7 heteroatoms. The van der Waals surface area contributed by atoms with E-state index in [1.807, 2.05) is 0 Å². The van der Waals surface area contributed by atoms with Crippen LogP contribution in [0.15, 0.2) is 24.3 Å². The molecule has 0 unspecified atom stereocenters. The molecular formula is C18H25NO5S. The van der Waals surface area contributed by atoms with Crippen molar-refractivity contribution in [3.05, 3.63) is 29.8 Å². The highest BCUT2D eigenvalue weighted by molar-refractivity contribution is 7.91. The zero-order valence-electron chi connectivity index (χ0n) is 14.5. The zero-order chi connectivity index (χ0) is 18.3. The third kappa shape index (κ3) is 6.49. The monoisotopic (exact) mass is 367 g/mol. The number of hydrogen-bond donors (Lipinski definition) is 1. The van der Waals surface area contributed by atoms with Crippen molar-refractivity contribution < 1.29 is 22.7 Å². The molecular weight excluding hydrogens is 342 g/mol. The molecule has 1 aliphatic rings. The Bertz CT molecular complexity index is 697. The van der Waals surface area contributed by atoms with Gasteiger partial charge in [0, 0.05) is 12.1 Å². The molecule has 1 fully saturated rings. The minimum absolute atomic E-state index is 0.0865. The number of ether oxygens (including phenoxy) is 1. The third-order valence-corrected chi connectivity index (χ3v) is 6.02. The Morgan fingerprint density at radius 3 is 2.52 bits per heavy atom. The summed E-state index contributed by atoms with van der Waals surface area (Å²) in [5, 5.41) is 2.74. The smallest absolute Gasteiger partial charge is 0.338 e. The summed E-state index contributed by atoms with van der Waals surface area (Å²) in [7, 11) is -2.97. The van der Waals surface area contributed by atoms with Crippen LogP contribution in [0.5, 0.6) is 0 Å². The summed E-state index contributed by atoms with van der Waals surface area (Å²) < 4.78 is 28.0. The average Bonchev–Trinajstić information content (AvgIpc) is 2.90. The van der Waals surface area contributed by atoms with E-state index in [-0.39, 0.29) is 35.7 Å². The zero-order valence-corrected chi connectivity index (χ0v) is 15.3. The second-order valence-electron chi connectivity index (χ2n) is 6.44. The first-order valence-corrected chi connectivity index (χ1v) is 10.5. The predicted molar refractivity (Wildman–Crippen MR) is 96.3 cm³/mol. The average molecular weight is 367 g/mol. The van der Waals surface area contributed by atoms with Crippen LogP contribution in [-0.4, -0.2) is 38.4 Å². The van der Waals surface area contributed by atoms with Gasteiger partial charge in [-0.1, -0.05) is 19.8 Å². The van der Waals surface area contributed by atoms with Gasteiger partial charge in [0.25, 0.3) is 0 Å². The number of hydrogen-bond acceptors (Lipinski definition) is 5. The molecule has 1 aromatic rings. The highest BCUT2D eigenvalue weighted by atomic mass is 32.2. The lowest BCUT2D eigenvalue weighted by atomic mass is 10.0. The predicted octanol–water partition coefficient (Wildman–Crippen LogP) is 2.80. The first kappa shape index (κ1) is 19.4. The van der Waals surface area contributed by atoms with E-state index in [0.717, 1.165) is 19.3 Å². The number of esters is 1. The van der Waals surface area contributed by atoms with E-state index in [4.69, 9.17) is 4.74 Å². The molecule has 0 radical (unpaired) electrons. The number of carbonyl (C=O) groups is 2. The lowest BCUT2D eigenvalue weighted by Crippen LogP contribution is -2.17. The fourth-order valence-electron chi connectivity index (χ4n) is 2.80. The van der Waals surface area contributed by atoms with Gasteiger partial charge in [0.15, 0.2) is 9.84 Å². The largest absolute Gasteiger partial charge is 0.462 e. The summed E-state index contributed by atoms with van der Waals surface area (Å²) in [6, 6.07) is 6.51. The molecule has 2 rings (SSSR count). The fourth-order valence-corrected chi connectivity index (χ4v) is 4.66. The maximum absolute atomic E-state index is 12.0. The standard InChI is InChI=1S/C18H25NO5S/c1-2-3-4-10-24-18(21)15-5-7-16(8-6-15)19-17(20)12-14-9-11-25(22,23)13-14/h5-8,14H,2-4,9-13H2,1H3,(H,19,20)/t14-/m1/s1. The number of anilines is 1. The van der Waals surface area contributed by atoms with Crippen LogP contribution in [0.2, 0.25) is 0 Å². The minimum atomic E-state index is -2.97. The van der Waals surface area contributed by atoms with Gasteiger partial charge in [0.1, 0.15) is 0 Å². The molecule has 138 valence electrons. The molecule has 0 aromatic heterocycles. The summed E-state index contributed by atoms with van der Waals surface area (Å²) in [5.41, 5.74) is 1.02. The maximum atomic E-state index is 12.0. The van der Waals surface area contributed by atoms with E-state index in [1.165, 1.54) is 0 Å². The SMILES string of the molecule is CCCCCOC(=O)c1ccc(NC(=O)C[C@H]2CCS(=O)(=O)C2)cc1. The van der Waals surface area contributed by atoms with Crippen LogP contribution in [0, 0.1) is 5.92 Å². The molecule has 0 bridgehead atoms. The lowest BCUT2D eigenvalue weighted by Gasteiger charge is -2.09. The maximum Gasteiger partial charge on any atom is 0.338 e. The summed E-state index contributed by atoms with van der Waals surface area (Å²) >= 11 is 0. The Kier molecular flexibility index (Phi) is 6.99. The lowest BCUT2D eigenvalue weighted by molar-refractivity contribution is -0.116. The number of carbonyl (C=O) groups excluding carboxylic acids is 2. The Labute approximate surface area is 148 Å². The Hall–Kier alpha value is -1.89. The van der Waals surface area contributed by atoms with Gasteiger partial charge >= 0.3 is 5.97 Å². The molecule has 1 saturated heterocycles. The van der Waals surface area contributed by atoms with Gasteiger partial charge < -0.3 is 10.1 Å². The number of rotatable bonds is 8. The minimum Gasteiger partial charge on any atom is -0.462 e. The Morgan fingerprint density at radius 1 is 1.20 bits per heavy atom. The topological polar surface area (TPSA) is 89.5 Å².